The summed E-state index contributed by atoms with van der Waals surface area (Å²) in [6.45, 7) is 4.63. The lowest BCUT2D eigenvalue weighted by molar-refractivity contribution is -0.129. The zero-order chi connectivity index (χ0) is 22.0. The normalized spacial score (nSPS) is 14.5. The van der Waals surface area contributed by atoms with Crippen LogP contribution in [0.2, 0.25) is 0 Å². The molecule has 0 bridgehead atoms. The van der Waals surface area contributed by atoms with E-state index in [1.807, 2.05) is 6.07 Å². The largest absolute Gasteiger partial charge is 0.462 e. The number of hydrogen-bond donors (Lipinski definition) is 1. The smallest absolute Gasteiger partial charge is 0.341 e. The van der Waals surface area contributed by atoms with Crippen molar-refractivity contribution in [3.63, 3.8) is 0 Å². The second-order valence-electron chi connectivity index (χ2n) is 7.05. The quantitative estimate of drug-likeness (QED) is 0.565. The number of nitrogens with one attached hydrogen (secondary N) is 1. The van der Waals surface area contributed by atoms with Crippen LogP contribution in [0.3, 0.4) is 0 Å². The Morgan fingerprint density at radius 1 is 1.26 bits per heavy atom. The molecule has 3 heterocycles. The lowest BCUT2D eigenvalue weighted by Gasteiger charge is -2.25. The first kappa shape index (κ1) is 20.9. The van der Waals surface area contributed by atoms with E-state index in [-0.39, 0.29) is 25.2 Å². The summed E-state index contributed by atoms with van der Waals surface area (Å²) in [5.41, 5.74) is 2.01. The van der Waals surface area contributed by atoms with E-state index in [9.17, 15) is 14.4 Å². The van der Waals surface area contributed by atoms with Gasteiger partial charge in [0.1, 0.15) is 5.00 Å². The number of hydrogen-bond acceptors (Lipinski definition) is 7. The monoisotopic (exact) mass is 442 g/mol. The van der Waals surface area contributed by atoms with Crippen molar-refractivity contribution in [2.75, 3.05) is 25.3 Å². The highest BCUT2D eigenvalue weighted by Gasteiger charge is 2.30. The fourth-order valence-electron chi connectivity index (χ4n) is 3.52. The third kappa shape index (κ3) is 4.41. The highest BCUT2D eigenvalue weighted by molar-refractivity contribution is 7.17. The lowest BCUT2D eigenvalue weighted by atomic mass is 10.0. The first-order valence-electron chi connectivity index (χ1n) is 9.92. The second-order valence-corrected chi connectivity index (χ2v) is 8.16. The molecule has 1 N–H and O–H groups in total. The molecule has 0 aliphatic carbocycles. The Balaban J connectivity index is 1.54. The van der Waals surface area contributed by atoms with Crippen molar-refractivity contribution in [1.82, 2.24) is 4.90 Å². The highest BCUT2D eigenvalue weighted by Crippen LogP contribution is 2.38. The van der Waals surface area contributed by atoms with Crippen LogP contribution in [-0.4, -0.2) is 42.6 Å². The van der Waals surface area contributed by atoms with E-state index in [4.69, 9.17) is 14.2 Å². The molecule has 4 rings (SSSR count). The number of nitrogens with zero attached hydrogens (tertiary/aromatic N) is 1. The summed E-state index contributed by atoms with van der Waals surface area (Å²) < 4.78 is 15.8. The third-order valence-electron chi connectivity index (χ3n) is 5.04. The van der Waals surface area contributed by atoms with Gasteiger partial charge in [-0.3, -0.25) is 9.59 Å². The minimum absolute atomic E-state index is 0.0195. The van der Waals surface area contributed by atoms with Gasteiger partial charge < -0.3 is 24.4 Å². The second kappa shape index (κ2) is 8.81. The van der Waals surface area contributed by atoms with Crippen LogP contribution in [-0.2, 0) is 27.3 Å². The maximum atomic E-state index is 12.6. The molecule has 0 radical (unpaired) electrons. The highest BCUT2D eigenvalue weighted by atomic mass is 32.1. The summed E-state index contributed by atoms with van der Waals surface area (Å²) in [4.78, 5) is 39.5. The molecular formula is C22H22N2O6S. The number of carbonyl (C=O) groups excluding carboxylic acids is 3. The Labute approximate surface area is 183 Å². The van der Waals surface area contributed by atoms with Gasteiger partial charge in [0.25, 0.3) is 0 Å². The van der Waals surface area contributed by atoms with Gasteiger partial charge in [0.05, 0.1) is 18.7 Å². The summed E-state index contributed by atoms with van der Waals surface area (Å²) >= 11 is 1.31. The van der Waals surface area contributed by atoms with Crippen LogP contribution in [0.4, 0.5) is 5.00 Å². The average molecular weight is 442 g/mol. The molecule has 2 aliphatic rings. The van der Waals surface area contributed by atoms with Gasteiger partial charge in [-0.25, -0.2) is 4.79 Å². The molecule has 1 aromatic heterocycles. The van der Waals surface area contributed by atoms with E-state index >= 15 is 0 Å². The van der Waals surface area contributed by atoms with Crippen molar-refractivity contribution in [3.8, 4) is 11.5 Å². The van der Waals surface area contributed by atoms with Crippen molar-refractivity contribution < 1.29 is 28.6 Å². The van der Waals surface area contributed by atoms with Crippen LogP contribution in [0.5, 0.6) is 11.5 Å². The fraction of sp³-hybridized carbons (Fsp3) is 0.318. The van der Waals surface area contributed by atoms with Crippen LogP contribution in [0.1, 0.15) is 40.2 Å². The number of fused-ring (bicyclic) bond motifs is 2. The third-order valence-corrected chi connectivity index (χ3v) is 6.17. The Hall–Kier alpha value is -3.33. The Kier molecular flexibility index (Phi) is 5.94. The number of thiophene rings is 1. The minimum atomic E-state index is -0.466. The predicted molar refractivity (Wildman–Crippen MR) is 115 cm³/mol. The number of ether oxygens (including phenoxy) is 3. The standard InChI is InChI=1S/C22H22N2O6S/c1-3-28-22(27)20-15-8-9-24(13(2)25)11-18(15)31-21(20)23-19(26)7-5-14-4-6-16-17(10-14)30-12-29-16/h4-7,10H,3,8-9,11-12H2,1-2H3,(H,23,26)/b7-5+. The predicted octanol–water partition coefficient (Wildman–Crippen LogP) is 3.21. The van der Waals surface area contributed by atoms with Gasteiger partial charge in [-0.1, -0.05) is 6.07 Å². The Bertz CT molecular complexity index is 1070. The molecule has 162 valence electrons. The maximum absolute atomic E-state index is 12.6. The molecule has 0 saturated heterocycles. The van der Waals surface area contributed by atoms with Gasteiger partial charge in [0, 0.05) is 24.4 Å². The zero-order valence-electron chi connectivity index (χ0n) is 17.2. The van der Waals surface area contributed by atoms with Gasteiger partial charge in [-0.2, -0.15) is 0 Å². The SMILES string of the molecule is CCOC(=O)c1c(NC(=O)/C=C/c2ccc3c(c2)OCO3)sc2c1CCN(C(C)=O)C2. The molecule has 0 unspecified atom stereocenters. The summed E-state index contributed by atoms with van der Waals surface area (Å²) in [5.74, 6) is 0.447. The van der Waals surface area contributed by atoms with Crippen LogP contribution in [0, 0.1) is 0 Å². The number of anilines is 1. The van der Waals surface area contributed by atoms with Crippen LogP contribution >= 0.6 is 11.3 Å². The molecule has 0 spiro atoms. The molecule has 2 aromatic rings. The summed E-state index contributed by atoms with van der Waals surface area (Å²) in [5, 5.41) is 3.25. The van der Waals surface area contributed by atoms with Crippen molar-refractivity contribution in [3.05, 3.63) is 45.8 Å². The van der Waals surface area contributed by atoms with E-state index in [2.05, 4.69) is 5.32 Å². The van der Waals surface area contributed by atoms with E-state index in [1.165, 1.54) is 24.3 Å². The van der Waals surface area contributed by atoms with Gasteiger partial charge in [-0.15, -0.1) is 11.3 Å². The summed E-state index contributed by atoms with van der Waals surface area (Å²) in [6.07, 6.45) is 3.60. The molecule has 2 amide bonds. The molecule has 0 fully saturated rings. The van der Waals surface area contributed by atoms with Crippen molar-refractivity contribution in [1.29, 1.82) is 0 Å². The maximum Gasteiger partial charge on any atom is 0.341 e. The van der Waals surface area contributed by atoms with Gasteiger partial charge in [0.15, 0.2) is 11.5 Å². The molecule has 8 nitrogen and oxygen atoms in total. The summed E-state index contributed by atoms with van der Waals surface area (Å²) in [6, 6.07) is 5.39. The number of carbonyl (C=O) groups is 3. The van der Waals surface area contributed by atoms with Crippen LogP contribution < -0.4 is 14.8 Å². The number of esters is 1. The topological polar surface area (TPSA) is 94.2 Å². The molecule has 2 aliphatic heterocycles. The van der Waals surface area contributed by atoms with Crippen molar-refractivity contribution in [2.45, 2.75) is 26.8 Å². The fourth-order valence-corrected chi connectivity index (χ4v) is 4.78. The lowest BCUT2D eigenvalue weighted by Crippen LogP contribution is -2.34. The summed E-state index contributed by atoms with van der Waals surface area (Å²) in [7, 11) is 0. The number of rotatable bonds is 5. The number of benzene rings is 1. The van der Waals surface area contributed by atoms with Gasteiger partial charge in [-0.05, 0) is 42.7 Å². The first-order valence-corrected chi connectivity index (χ1v) is 10.7. The molecule has 31 heavy (non-hydrogen) atoms. The Morgan fingerprint density at radius 3 is 2.84 bits per heavy atom. The minimum Gasteiger partial charge on any atom is -0.462 e. The van der Waals surface area contributed by atoms with E-state index in [1.54, 1.807) is 30.0 Å². The van der Waals surface area contributed by atoms with E-state index in [0.717, 1.165) is 16.0 Å². The average Bonchev–Trinajstić information content (AvgIpc) is 3.35. The molecule has 9 heteroatoms. The molecular weight excluding hydrogens is 420 g/mol. The molecule has 1 aromatic carbocycles. The van der Waals surface area contributed by atoms with Crippen LogP contribution in [0.25, 0.3) is 6.08 Å². The first-order chi connectivity index (χ1) is 15.0. The Morgan fingerprint density at radius 2 is 2.06 bits per heavy atom. The number of amides is 2. The van der Waals surface area contributed by atoms with Crippen molar-refractivity contribution >= 4 is 40.2 Å². The zero-order valence-corrected chi connectivity index (χ0v) is 18.0. The van der Waals surface area contributed by atoms with E-state index < -0.39 is 5.97 Å². The van der Waals surface area contributed by atoms with E-state index in [0.29, 0.717) is 41.6 Å². The van der Waals surface area contributed by atoms with Crippen molar-refractivity contribution in [2.24, 2.45) is 0 Å². The van der Waals surface area contributed by atoms with Gasteiger partial charge in [0.2, 0.25) is 18.6 Å². The molecule has 0 saturated carbocycles. The van der Waals surface area contributed by atoms with Crippen LogP contribution in [0.15, 0.2) is 24.3 Å². The van der Waals surface area contributed by atoms with Gasteiger partial charge >= 0.3 is 5.97 Å². The molecule has 0 atom stereocenters.